The van der Waals surface area contributed by atoms with Gasteiger partial charge in [-0.2, -0.15) is 43.5 Å². The van der Waals surface area contributed by atoms with Gasteiger partial charge in [-0.15, -0.1) is 0 Å². The molecule has 25 heavy (non-hydrogen) atoms. The normalized spacial score (nSPS) is 14.7. The third-order valence-electron chi connectivity index (χ3n) is 2.56. The first-order chi connectivity index (χ1) is 10.9. The molecule has 0 radical (unpaired) electrons. The topological polar surface area (TPSA) is 34.1 Å². The maximum absolute atomic E-state index is 13.4. The second-order valence-corrected chi connectivity index (χ2v) is 6.84. The monoisotopic (exact) mass is 428 g/mol. The minimum atomic E-state index is -7.72. The van der Waals surface area contributed by atoms with Crippen molar-refractivity contribution in [3.8, 4) is 0 Å². The van der Waals surface area contributed by atoms with Crippen LogP contribution in [0.4, 0.5) is 47.8 Å². The fourth-order valence-electron chi connectivity index (χ4n) is 1.28. The maximum Gasteiger partial charge on any atom is 0.442 e. The van der Waals surface area contributed by atoms with Gasteiger partial charge in [0.25, 0.3) is 0 Å². The second kappa shape index (κ2) is 6.17. The van der Waals surface area contributed by atoms with Crippen molar-refractivity contribution in [1.29, 1.82) is 0 Å². The summed E-state index contributed by atoms with van der Waals surface area (Å²) in [6.07, 6.45) is 0. The van der Waals surface area contributed by atoms with E-state index in [-0.39, 0.29) is 18.2 Å². The lowest BCUT2D eigenvalue weighted by Crippen LogP contribution is -2.62. The van der Waals surface area contributed by atoms with E-state index in [1.54, 1.807) is 0 Å². The van der Waals surface area contributed by atoms with Gasteiger partial charge in [-0.1, -0.05) is 3.89 Å². The van der Waals surface area contributed by atoms with Crippen LogP contribution < -0.4 is 0 Å². The molecule has 0 bridgehead atoms. The molecule has 0 aliphatic heterocycles. The lowest BCUT2D eigenvalue weighted by Gasteiger charge is -2.34. The lowest BCUT2D eigenvalue weighted by molar-refractivity contribution is -0.324. The zero-order valence-corrected chi connectivity index (χ0v) is 12.7. The Morgan fingerprint density at radius 2 is 1.32 bits per heavy atom. The van der Waals surface area contributed by atoms with E-state index in [4.69, 9.17) is 0 Å². The molecule has 1 rings (SSSR count). The van der Waals surface area contributed by atoms with E-state index in [9.17, 15) is 56.2 Å². The van der Waals surface area contributed by atoms with Crippen LogP contribution in [0.3, 0.4) is 0 Å². The zero-order valence-electron chi connectivity index (χ0n) is 11.0. The standard InChI is InChI=1S/C10H3F11O2S2/c11-4-1-2-6(5(12)3-4)24-9(17,18)7(13,14)8(15,16)10(19,20)25(21,22)23/h1-3H. The van der Waals surface area contributed by atoms with E-state index in [0.717, 1.165) is 0 Å². The molecular weight excluding hydrogens is 425 g/mol. The SMILES string of the molecule is O=S(=O)(F)C(F)(F)C(F)(F)C(F)(F)C(F)(F)Sc1ccc(F)cc1F. The Labute approximate surface area is 136 Å². The van der Waals surface area contributed by atoms with Crippen LogP contribution in [-0.4, -0.2) is 30.8 Å². The smallest absolute Gasteiger partial charge is 0.207 e. The highest BCUT2D eigenvalue weighted by Gasteiger charge is 2.85. The van der Waals surface area contributed by atoms with Crippen molar-refractivity contribution in [1.82, 2.24) is 0 Å². The van der Waals surface area contributed by atoms with Gasteiger partial charge in [0.1, 0.15) is 11.6 Å². The van der Waals surface area contributed by atoms with Crippen LogP contribution in [0.15, 0.2) is 23.1 Å². The van der Waals surface area contributed by atoms with Crippen molar-refractivity contribution in [3.05, 3.63) is 29.8 Å². The highest BCUT2D eigenvalue weighted by atomic mass is 32.3. The summed E-state index contributed by atoms with van der Waals surface area (Å²) < 4.78 is 163. The first kappa shape index (κ1) is 21.8. The second-order valence-electron chi connectivity index (χ2n) is 4.30. The van der Waals surface area contributed by atoms with Crippen LogP contribution in [0, 0.1) is 11.6 Å². The molecule has 2 nitrogen and oxygen atoms in total. The quantitative estimate of drug-likeness (QED) is 0.371. The van der Waals surface area contributed by atoms with Gasteiger partial charge < -0.3 is 0 Å². The lowest BCUT2D eigenvalue weighted by atomic mass is 10.2. The van der Waals surface area contributed by atoms with Crippen LogP contribution >= 0.6 is 11.8 Å². The van der Waals surface area contributed by atoms with Crippen LogP contribution in [0.25, 0.3) is 0 Å². The fourth-order valence-corrected chi connectivity index (χ4v) is 2.54. The van der Waals surface area contributed by atoms with Gasteiger partial charge in [0.2, 0.25) is 0 Å². The number of thioether (sulfide) groups is 1. The van der Waals surface area contributed by atoms with Crippen molar-refractivity contribution in [2.75, 3.05) is 0 Å². The van der Waals surface area contributed by atoms with Gasteiger partial charge in [-0.05, 0) is 23.9 Å². The van der Waals surface area contributed by atoms with E-state index in [2.05, 4.69) is 0 Å². The molecule has 0 aliphatic rings. The minimum absolute atomic E-state index is 0.102. The Kier molecular flexibility index (Phi) is 5.38. The van der Waals surface area contributed by atoms with Crippen molar-refractivity contribution >= 4 is 22.0 Å². The van der Waals surface area contributed by atoms with Crippen molar-refractivity contribution in [3.63, 3.8) is 0 Å². The largest absolute Gasteiger partial charge is 0.442 e. The van der Waals surface area contributed by atoms with Crippen molar-refractivity contribution in [2.45, 2.75) is 27.2 Å². The Morgan fingerprint density at radius 3 is 1.72 bits per heavy atom. The first-order valence-corrected chi connectivity index (χ1v) is 7.68. The van der Waals surface area contributed by atoms with Gasteiger partial charge in [-0.3, -0.25) is 0 Å². The van der Waals surface area contributed by atoms with Crippen LogP contribution in [-0.2, 0) is 10.2 Å². The summed E-state index contributed by atoms with van der Waals surface area (Å²) in [5.74, 6) is -17.9. The molecule has 15 heteroatoms. The number of hydrogen-bond acceptors (Lipinski definition) is 3. The van der Waals surface area contributed by atoms with E-state index >= 15 is 0 Å². The Hall–Kier alpha value is -1.25. The van der Waals surface area contributed by atoms with Crippen LogP contribution in [0.1, 0.15) is 0 Å². The molecule has 0 aromatic heterocycles. The summed E-state index contributed by atoms with van der Waals surface area (Å²) in [5, 5.41) is -13.5. The molecule has 0 amide bonds. The molecule has 0 heterocycles. The molecule has 0 saturated carbocycles. The van der Waals surface area contributed by atoms with Gasteiger partial charge in [-0.25, -0.2) is 8.78 Å². The maximum atomic E-state index is 13.4. The van der Waals surface area contributed by atoms with Crippen molar-refractivity contribution in [2.24, 2.45) is 0 Å². The number of hydrogen-bond donors (Lipinski definition) is 0. The minimum Gasteiger partial charge on any atom is -0.207 e. The molecule has 0 aliphatic carbocycles. The van der Waals surface area contributed by atoms with E-state index < -0.39 is 60.9 Å². The Balaban J connectivity index is 3.38. The van der Waals surface area contributed by atoms with Crippen LogP contribution in [0.5, 0.6) is 0 Å². The number of alkyl halides is 8. The van der Waals surface area contributed by atoms with Crippen molar-refractivity contribution < 1.29 is 56.2 Å². The molecule has 0 fully saturated rings. The predicted molar refractivity (Wildman–Crippen MR) is 62.0 cm³/mol. The van der Waals surface area contributed by atoms with E-state index in [1.165, 1.54) is 0 Å². The number of halogens is 11. The number of rotatable bonds is 6. The molecule has 0 N–H and O–H groups in total. The predicted octanol–water partition coefficient (Wildman–Crippen LogP) is 4.81. The average molecular weight is 428 g/mol. The summed E-state index contributed by atoms with van der Waals surface area (Å²) in [7, 11) is -7.72. The molecular formula is C10H3F11O2S2. The zero-order chi connectivity index (χ0) is 20.1. The van der Waals surface area contributed by atoms with Gasteiger partial charge in [0.05, 0.1) is 0 Å². The third kappa shape index (κ3) is 3.52. The van der Waals surface area contributed by atoms with Gasteiger partial charge >= 0.3 is 32.6 Å². The van der Waals surface area contributed by atoms with Gasteiger partial charge in [0, 0.05) is 11.0 Å². The average Bonchev–Trinajstić information content (AvgIpc) is 2.40. The third-order valence-corrected chi connectivity index (χ3v) is 4.50. The molecule has 1 aromatic rings. The van der Waals surface area contributed by atoms with E-state index in [0.29, 0.717) is 0 Å². The summed E-state index contributed by atoms with van der Waals surface area (Å²) in [4.78, 5) is -1.55. The van der Waals surface area contributed by atoms with E-state index in [1.807, 2.05) is 0 Å². The molecule has 1 aromatic carbocycles. The van der Waals surface area contributed by atoms with Crippen LogP contribution in [0.2, 0.25) is 0 Å². The molecule has 0 saturated heterocycles. The Bertz CT molecular complexity index is 760. The summed E-state index contributed by atoms with van der Waals surface area (Å²) in [6.45, 7) is 0. The molecule has 0 atom stereocenters. The molecule has 0 unspecified atom stereocenters. The first-order valence-electron chi connectivity index (χ1n) is 5.48. The highest BCUT2D eigenvalue weighted by molar-refractivity contribution is 8.00. The van der Waals surface area contributed by atoms with Gasteiger partial charge in [0.15, 0.2) is 0 Å². The highest BCUT2D eigenvalue weighted by Crippen LogP contribution is 2.59. The Morgan fingerprint density at radius 1 is 0.840 bits per heavy atom. The number of benzene rings is 1. The summed E-state index contributed by atoms with van der Waals surface area (Å²) in [5.41, 5.74) is 0. The fraction of sp³-hybridized carbons (Fsp3) is 0.400. The molecule has 0 spiro atoms. The summed E-state index contributed by atoms with van der Waals surface area (Å²) >= 11 is -1.71. The summed E-state index contributed by atoms with van der Waals surface area (Å²) in [6, 6.07) is 0.273. The molecule has 144 valence electrons.